The van der Waals surface area contributed by atoms with Gasteiger partial charge in [0.25, 0.3) is 0 Å². The Kier molecular flexibility index (Phi) is 5.62. The molecule has 0 bridgehead atoms. The first-order chi connectivity index (χ1) is 9.58. The van der Waals surface area contributed by atoms with Crippen LogP contribution in [0.5, 0.6) is 0 Å². The molecule has 1 aromatic rings. The summed E-state index contributed by atoms with van der Waals surface area (Å²) in [6, 6.07) is 5.00. The molecule has 3 heteroatoms. The summed E-state index contributed by atoms with van der Waals surface area (Å²) in [5, 5.41) is 0. The highest BCUT2D eigenvalue weighted by Gasteiger charge is 2.34. The third-order valence-electron chi connectivity index (χ3n) is 4.88. The normalized spacial score (nSPS) is 26.7. The second kappa shape index (κ2) is 7.04. The molecule has 1 aliphatic carbocycles. The van der Waals surface area contributed by atoms with Crippen LogP contribution in [0, 0.1) is 17.2 Å². The molecule has 1 fully saturated rings. The molecule has 1 nitrogen and oxygen atoms in total. The largest absolute Gasteiger partial charge is 0.330 e. The molecular formula is C17H25BrFN. The van der Waals surface area contributed by atoms with Gasteiger partial charge in [-0.05, 0) is 67.7 Å². The molecule has 2 N–H and O–H groups in total. The molecule has 0 aromatic heterocycles. The van der Waals surface area contributed by atoms with Gasteiger partial charge < -0.3 is 5.73 Å². The highest BCUT2D eigenvalue weighted by molar-refractivity contribution is 9.10. The van der Waals surface area contributed by atoms with Crippen LogP contribution in [0.4, 0.5) is 4.39 Å². The summed E-state index contributed by atoms with van der Waals surface area (Å²) < 4.78 is 14.1. The first kappa shape index (κ1) is 16.0. The Bertz CT molecular complexity index is 439. The SMILES string of the molecule is CCCC1CCC(CN)(Cc2ccc(F)cc2Br)CC1. The van der Waals surface area contributed by atoms with Gasteiger partial charge in [0.2, 0.25) is 0 Å². The minimum Gasteiger partial charge on any atom is -0.330 e. The minimum atomic E-state index is -0.186. The van der Waals surface area contributed by atoms with E-state index in [1.807, 2.05) is 6.07 Å². The van der Waals surface area contributed by atoms with E-state index in [-0.39, 0.29) is 11.2 Å². The molecule has 2 rings (SSSR count). The number of hydrogen-bond donors (Lipinski definition) is 1. The Balaban J connectivity index is 2.05. The van der Waals surface area contributed by atoms with Crippen molar-refractivity contribution >= 4 is 15.9 Å². The second-order valence-electron chi connectivity index (χ2n) is 6.35. The van der Waals surface area contributed by atoms with Gasteiger partial charge in [-0.1, -0.05) is 41.8 Å². The van der Waals surface area contributed by atoms with Crippen molar-refractivity contribution in [2.24, 2.45) is 17.1 Å². The van der Waals surface area contributed by atoms with Gasteiger partial charge in [-0.25, -0.2) is 4.39 Å². The fourth-order valence-electron chi connectivity index (χ4n) is 3.51. The van der Waals surface area contributed by atoms with Crippen molar-refractivity contribution in [2.75, 3.05) is 6.54 Å². The Hall–Kier alpha value is -0.410. The quantitative estimate of drug-likeness (QED) is 0.795. The molecule has 1 aliphatic rings. The van der Waals surface area contributed by atoms with E-state index < -0.39 is 0 Å². The van der Waals surface area contributed by atoms with E-state index in [0.717, 1.165) is 23.4 Å². The van der Waals surface area contributed by atoms with Crippen LogP contribution >= 0.6 is 15.9 Å². The first-order valence-electron chi connectivity index (χ1n) is 7.72. The van der Waals surface area contributed by atoms with E-state index in [0.29, 0.717) is 0 Å². The summed E-state index contributed by atoms with van der Waals surface area (Å²) in [6.07, 6.45) is 8.59. The average Bonchev–Trinajstić information content (AvgIpc) is 2.45. The lowest BCUT2D eigenvalue weighted by Crippen LogP contribution is -2.37. The summed E-state index contributed by atoms with van der Waals surface area (Å²) in [7, 11) is 0. The Morgan fingerprint density at radius 1 is 1.35 bits per heavy atom. The molecule has 1 saturated carbocycles. The summed E-state index contributed by atoms with van der Waals surface area (Å²) in [4.78, 5) is 0. The molecule has 0 heterocycles. The maximum absolute atomic E-state index is 13.2. The molecule has 0 saturated heterocycles. The van der Waals surface area contributed by atoms with Crippen LogP contribution in [0.15, 0.2) is 22.7 Å². The van der Waals surface area contributed by atoms with Gasteiger partial charge in [-0.15, -0.1) is 0 Å². The van der Waals surface area contributed by atoms with Gasteiger partial charge in [0.1, 0.15) is 5.82 Å². The van der Waals surface area contributed by atoms with Crippen molar-refractivity contribution in [1.82, 2.24) is 0 Å². The fourth-order valence-corrected chi connectivity index (χ4v) is 4.00. The maximum Gasteiger partial charge on any atom is 0.124 e. The van der Waals surface area contributed by atoms with Crippen LogP contribution in [0.3, 0.4) is 0 Å². The zero-order valence-corrected chi connectivity index (χ0v) is 13.9. The van der Waals surface area contributed by atoms with Crippen molar-refractivity contribution < 1.29 is 4.39 Å². The molecule has 1 aromatic carbocycles. The highest BCUT2D eigenvalue weighted by atomic mass is 79.9. The van der Waals surface area contributed by atoms with Gasteiger partial charge >= 0.3 is 0 Å². The molecule has 0 radical (unpaired) electrons. The van der Waals surface area contributed by atoms with E-state index in [4.69, 9.17) is 5.73 Å². The predicted molar refractivity (Wildman–Crippen MR) is 86.2 cm³/mol. The zero-order chi connectivity index (χ0) is 14.6. The van der Waals surface area contributed by atoms with E-state index in [1.54, 1.807) is 12.1 Å². The number of nitrogens with two attached hydrogens (primary N) is 1. The van der Waals surface area contributed by atoms with E-state index in [2.05, 4.69) is 22.9 Å². The van der Waals surface area contributed by atoms with Crippen LogP contribution < -0.4 is 5.73 Å². The third-order valence-corrected chi connectivity index (χ3v) is 5.61. The van der Waals surface area contributed by atoms with Gasteiger partial charge in [-0.2, -0.15) is 0 Å². The summed E-state index contributed by atoms with van der Waals surface area (Å²) in [5.41, 5.74) is 7.49. The minimum absolute atomic E-state index is 0.186. The maximum atomic E-state index is 13.2. The standard InChI is InChI=1S/C17H25BrFN/c1-2-3-13-6-8-17(12-20,9-7-13)11-14-4-5-15(19)10-16(14)18/h4-5,10,13H,2-3,6-9,11-12,20H2,1H3. The van der Waals surface area contributed by atoms with Crippen molar-refractivity contribution in [3.8, 4) is 0 Å². The van der Waals surface area contributed by atoms with Gasteiger partial charge in [0.05, 0.1) is 0 Å². The lowest BCUT2D eigenvalue weighted by molar-refractivity contribution is 0.150. The third kappa shape index (κ3) is 3.82. The van der Waals surface area contributed by atoms with Gasteiger partial charge in [0, 0.05) is 4.47 Å². The van der Waals surface area contributed by atoms with Crippen molar-refractivity contribution in [3.63, 3.8) is 0 Å². The van der Waals surface area contributed by atoms with Gasteiger partial charge in [0.15, 0.2) is 0 Å². The van der Waals surface area contributed by atoms with Gasteiger partial charge in [-0.3, -0.25) is 0 Å². The monoisotopic (exact) mass is 341 g/mol. The number of rotatable bonds is 5. The number of benzene rings is 1. The van der Waals surface area contributed by atoms with Crippen molar-refractivity contribution in [2.45, 2.75) is 51.9 Å². The Morgan fingerprint density at radius 3 is 2.60 bits per heavy atom. The first-order valence-corrected chi connectivity index (χ1v) is 8.52. The Morgan fingerprint density at radius 2 is 2.05 bits per heavy atom. The van der Waals surface area contributed by atoms with Crippen molar-refractivity contribution in [3.05, 3.63) is 34.1 Å². The smallest absolute Gasteiger partial charge is 0.124 e. The van der Waals surface area contributed by atoms with E-state index in [1.165, 1.54) is 44.1 Å². The molecule has 112 valence electrons. The van der Waals surface area contributed by atoms with Crippen LogP contribution in [0.1, 0.15) is 51.0 Å². The molecule has 0 amide bonds. The molecule has 0 aliphatic heterocycles. The van der Waals surface area contributed by atoms with Crippen LogP contribution in [0.2, 0.25) is 0 Å². The number of hydrogen-bond acceptors (Lipinski definition) is 1. The molecule has 0 spiro atoms. The highest BCUT2D eigenvalue weighted by Crippen LogP contribution is 2.43. The van der Waals surface area contributed by atoms with Crippen molar-refractivity contribution in [1.29, 1.82) is 0 Å². The lowest BCUT2D eigenvalue weighted by atomic mass is 9.67. The fraction of sp³-hybridized carbons (Fsp3) is 0.647. The van der Waals surface area contributed by atoms with Crippen LogP contribution in [-0.2, 0) is 6.42 Å². The average molecular weight is 342 g/mol. The molecular weight excluding hydrogens is 317 g/mol. The molecule has 20 heavy (non-hydrogen) atoms. The van der Waals surface area contributed by atoms with E-state index >= 15 is 0 Å². The summed E-state index contributed by atoms with van der Waals surface area (Å²) >= 11 is 3.48. The summed E-state index contributed by atoms with van der Waals surface area (Å²) in [5.74, 6) is 0.699. The molecule has 0 atom stereocenters. The Labute approximate surface area is 130 Å². The van der Waals surface area contributed by atoms with Crippen LogP contribution in [-0.4, -0.2) is 6.54 Å². The topological polar surface area (TPSA) is 26.0 Å². The predicted octanol–water partition coefficient (Wildman–Crippen LogP) is 5.07. The molecule has 0 unspecified atom stereocenters. The second-order valence-corrected chi connectivity index (χ2v) is 7.20. The zero-order valence-electron chi connectivity index (χ0n) is 12.3. The number of halogens is 2. The lowest BCUT2D eigenvalue weighted by Gasteiger charge is -2.40. The summed E-state index contributed by atoms with van der Waals surface area (Å²) in [6.45, 7) is 3.00. The van der Waals surface area contributed by atoms with Crippen LogP contribution in [0.25, 0.3) is 0 Å². The van der Waals surface area contributed by atoms with E-state index in [9.17, 15) is 4.39 Å².